The Morgan fingerprint density at radius 1 is 0.870 bits per heavy atom. The number of aryl methyl sites for hydroxylation is 1. The van der Waals surface area contributed by atoms with Gasteiger partial charge in [-0.2, -0.15) is 0 Å². The lowest BCUT2D eigenvalue weighted by atomic mass is 10.0. The van der Waals surface area contributed by atoms with Gasteiger partial charge in [0.25, 0.3) is 5.91 Å². The molecule has 46 heavy (non-hydrogen) atoms. The van der Waals surface area contributed by atoms with Gasteiger partial charge in [0.2, 0.25) is 0 Å². The number of methoxy groups -OCH3 is 1. The summed E-state index contributed by atoms with van der Waals surface area (Å²) in [5.41, 5.74) is 1.90. The van der Waals surface area contributed by atoms with E-state index in [1.807, 2.05) is 18.2 Å². The maximum atomic E-state index is 13.5. The van der Waals surface area contributed by atoms with Crippen molar-refractivity contribution >= 4 is 57.4 Å². The Kier molecular flexibility index (Phi) is 11.7. The molecule has 0 fully saturated rings. The molecule has 0 aromatic heterocycles. The molecule has 12 heteroatoms. The number of nitrogens with one attached hydrogen (secondary N) is 1. The first-order valence-corrected chi connectivity index (χ1v) is 19.2. The number of halogens is 2. The van der Waals surface area contributed by atoms with Crippen molar-refractivity contribution in [2.75, 3.05) is 26.2 Å². The van der Waals surface area contributed by atoms with Gasteiger partial charge in [0, 0.05) is 24.1 Å². The second-order valence-electron chi connectivity index (χ2n) is 11.0. The Morgan fingerprint density at radius 2 is 1.52 bits per heavy atom. The van der Waals surface area contributed by atoms with Crippen LogP contribution in [0.3, 0.4) is 0 Å². The third-order valence-corrected chi connectivity index (χ3v) is 11.5. The Hall–Kier alpha value is -3.62. The number of hydrogen-bond acceptors (Lipinski definition) is 7. The molecule has 1 N–H and O–H groups in total. The number of hydrogen-bond donors (Lipinski definition) is 1. The van der Waals surface area contributed by atoms with Gasteiger partial charge in [0.15, 0.2) is 9.84 Å². The van der Waals surface area contributed by atoms with E-state index in [2.05, 4.69) is 5.32 Å². The molecule has 4 rings (SSSR count). The third kappa shape index (κ3) is 9.46. The van der Waals surface area contributed by atoms with Crippen molar-refractivity contribution < 1.29 is 32.0 Å². The van der Waals surface area contributed by atoms with Gasteiger partial charge < -0.3 is 19.4 Å². The largest absolute Gasteiger partial charge is 0.497 e. The first-order chi connectivity index (χ1) is 21.8. The van der Waals surface area contributed by atoms with E-state index in [-0.39, 0.29) is 33.5 Å². The smallest absolute Gasteiger partial charge is 0.329 e. The number of sulfone groups is 1. The molecule has 0 aliphatic heterocycles. The van der Waals surface area contributed by atoms with Crippen LogP contribution in [-0.4, -0.2) is 52.5 Å². The summed E-state index contributed by atoms with van der Waals surface area (Å²) in [5, 5.41) is 3.48. The van der Waals surface area contributed by atoms with Crippen LogP contribution in [0.1, 0.15) is 27.0 Å². The van der Waals surface area contributed by atoms with Crippen LogP contribution in [0.2, 0.25) is 10.0 Å². The Labute approximate surface area is 279 Å². The Bertz CT molecular complexity index is 1860. The highest BCUT2D eigenvalue weighted by Gasteiger charge is 2.27. The summed E-state index contributed by atoms with van der Waals surface area (Å²) in [6, 6.07) is 24.3. The summed E-state index contributed by atoms with van der Waals surface area (Å²) in [6.45, 7) is 1.68. The predicted molar refractivity (Wildman–Crippen MR) is 182 cm³/mol. The molecule has 4 aromatic rings. The minimum atomic E-state index is -3.50. The molecule has 2 atom stereocenters. The molecule has 0 unspecified atom stereocenters. The van der Waals surface area contributed by atoms with E-state index in [1.54, 1.807) is 74.4 Å². The molecular formula is C34H34Cl2NO7PS. The van der Waals surface area contributed by atoms with Gasteiger partial charge >= 0.3 is 5.97 Å². The minimum Gasteiger partial charge on any atom is -0.497 e. The van der Waals surface area contributed by atoms with Gasteiger partial charge in [0.05, 0.1) is 27.6 Å². The van der Waals surface area contributed by atoms with E-state index < -0.39 is 34.9 Å². The quantitative estimate of drug-likeness (QED) is 0.128. The lowest BCUT2D eigenvalue weighted by Gasteiger charge is -2.20. The minimum absolute atomic E-state index is 0.0251. The summed E-state index contributed by atoms with van der Waals surface area (Å²) in [6.07, 6.45) is 1.76. The van der Waals surface area contributed by atoms with Crippen molar-refractivity contribution in [1.82, 2.24) is 5.32 Å². The summed E-state index contributed by atoms with van der Waals surface area (Å²) >= 11 is 13.1. The summed E-state index contributed by atoms with van der Waals surface area (Å²) in [4.78, 5) is 26.9. The summed E-state index contributed by atoms with van der Waals surface area (Å²) in [7, 11) is -4.71. The number of esters is 1. The van der Waals surface area contributed by atoms with Crippen molar-refractivity contribution in [3.63, 3.8) is 0 Å². The molecule has 242 valence electrons. The maximum absolute atomic E-state index is 13.5. The highest BCUT2D eigenvalue weighted by molar-refractivity contribution is 7.90. The first-order valence-electron chi connectivity index (χ1n) is 14.3. The van der Waals surface area contributed by atoms with Crippen LogP contribution in [-0.2, 0) is 43.4 Å². The van der Waals surface area contributed by atoms with Crippen LogP contribution in [0.5, 0.6) is 5.75 Å². The molecular weight excluding hydrogens is 668 g/mol. The number of ether oxygens (including phenoxy) is 2. The molecule has 0 aliphatic carbocycles. The number of carbonyl (C=O) groups excluding carboxylic acids is 2. The standard InChI is InChI=1S/C34H34Cl2NO7PS/c1-43-26-12-8-13-27(21-26)45(2,40)16-15-25-18-29(35)32(30(36)19-25)33(38)37-31(34(39)44-22-23-9-5-4-6-10-23)20-24-11-7-14-28(17-24)46(3,41)42/h4-14,17-19,21,31H,15-16,20,22H2,1-3H3,(H,37,38)/t31-,45+/m0/s1. The molecule has 0 saturated carbocycles. The molecule has 1 amide bonds. The highest BCUT2D eigenvalue weighted by Crippen LogP contribution is 2.41. The van der Waals surface area contributed by atoms with E-state index in [0.29, 0.717) is 34.8 Å². The molecule has 0 saturated heterocycles. The number of rotatable bonds is 13. The Balaban J connectivity index is 1.53. The van der Waals surface area contributed by atoms with E-state index >= 15 is 0 Å². The van der Waals surface area contributed by atoms with Gasteiger partial charge in [-0.25, -0.2) is 13.2 Å². The second kappa shape index (κ2) is 15.3. The van der Waals surface area contributed by atoms with Crippen LogP contribution in [0, 0.1) is 0 Å². The van der Waals surface area contributed by atoms with Crippen molar-refractivity contribution in [2.24, 2.45) is 0 Å². The predicted octanol–water partition coefficient (Wildman–Crippen LogP) is 6.35. The van der Waals surface area contributed by atoms with Crippen LogP contribution < -0.4 is 15.4 Å². The van der Waals surface area contributed by atoms with Crippen LogP contribution in [0.25, 0.3) is 0 Å². The molecule has 0 spiro atoms. The average Bonchev–Trinajstić information content (AvgIpc) is 3.02. The molecule has 0 radical (unpaired) electrons. The van der Waals surface area contributed by atoms with Crippen molar-refractivity contribution in [1.29, 1.82) is 0 Å². The van der Waals surface area contributed by atoms with E-state index in [9.17, 15) is 22.6 Å². The zero-order valence-electron chi connectivity index (χ0n) is 25.5. The third-order valence-electron chi connectivity index (χ3n) is 7.34. The van der Waals surface area contributed by atoms with Crippen LogP contribution in [0.4, 0.5) is 0 Å². The molecule has 0 heterocycles. The number of carbonyl (C=O) groups is 2. The normalized spacial score (nSPS) is 13.3. The molecule has 8 nitrogen and oxygen atoms in total. The topological polar surface area (TPSA) is 116 Å². The maximum Gasteiger partial charge on any atom is 0.329 e. The SMILES string of the molecule is COc1cccc([P@](C)(=O)CCc2cc(Cl)c(C(=O)N[C@@H](Cc3cccc(S(C)(=O)=O)c3)C(=O)OCc3ccccc3)c(Cl)c2)c1. The fourth-order valence-electron chi connectivity index (χ4n) is 4.75. The lowest BCUT2D eigenvalue weighted by Crippen LogP contribution is -2.43. The van der Waals surface area contributed by atoms with Gasteiger partial charge in [-0.05, 0) is 66.2 Å². The van der Waals surface area contributed by atoms with Crippen molar-refractivity contribution in [3.05, 3.63) is 123 Å². The lowest BCUT2D eigenvalue weighted by molar-refractivity contribution is -0.147. The zero-order chi connectivity index (χ0) is 33.5. The zero-order valence-corrected chi connectivity index (χ0v) is 28.8. The van der Waals surface area contributed by atoms with Crippen molar-refractivity contribution in [3.8, 4) is 5.75 Å². The van der Waals surface area contributed by atoms with Gasteiger partial charge in [-0.15, -0.1) is 0 Å². The van der Waals surface area contributed by atoms with Gasteiger partial charge in [0.1, 0.15) is 25.5 Å². The van der Waals surface area contributed by atoms with Gasteiger partial charge in [-0.3, -0.25) is 4.79 Å². The first kappa shape index (κ1) is 35.2. The van der Waals surface area contributed by atoms with E-state index in [0.717, 1.165) is 11.8 Å². The fourth-order valence-corrected chi connectivity index (χ4v) is 7.89. The average molecular weight is 703 g/mol. The molecule has 0 bridgehead atoms. The van der Waals surface area contributed by atoms with Gasteiger partial charge in [-0.1, -0.05) is 77.8 Å². The van der Waals surface area contributed by atoms with Crippen LogP contribution >= 0.6 is 30.3 Å². The molecule has 4 aromatic carbocycles. The fraction of sp³-hybridized carbons (Fsp3) is 0.235. The number of amides is 1. The number of benzene rings is 4. The molecule has 0 aliphatic rings. The van der Waals surface area contributed by atoms with Crippen molar-refractivity contribution in [2.45, 2.75) is 30.4 Å². The summed E-state index contributed by atoms with van der Waals surface area (Å²) in [5.74, 6) is -0.812. The van der Waals surface area contributed by atoms with Crippen LogP contribution in [0.15, 0.2) is 95.9 Å². The van der Waals surface area contributed by atoms with E-state index in [1.165, 1.54) is 12.1 Å². The Morgan fingerprint density at radius 3 is 2.17 bits per heavy atom. The summed E-state index contributed by atoms with van der Waals surface area (Å²) < 4.78 is 48.5. The van der Waals surface area contributed by atoms with E-state index in [4.69, 9.17) is 32.7 Å². The highest BCUT2D eigenvalue weighted by atomic mass is 35.5. The second-order valence-corrected chi connectivity index (χ2v) is 16.9. The monoisotopic (exact) mass is 701 g/mol.